The lowest BCUT2D eigenvalue weighted by molar-refractivity contribution is -0.0336. The molecule has 1 unspecified atom stereocenters. The van der Waals surface area contributed by atoms with Gasteiger partial charge in [-0.25, -0.2) is 9.59 Å². The van der Waals surface area contributed by atoms with E-state index in [1.165, 1.54) is 12.1 Å². The molecule has 1 amide bonds. The van der Waals surface area contributed by atoms with Crippen molar-refractivity contribution in [2.45, 2.75) is 50.8 Å². The highest BCUT2D eigenvalue weighted by Crippen LogP contribution is 2.31. The van der Waals surface area contributed by atoms with Crippen LogP contribution in [0.1, 0.15) is 68.7 Å². The van der Waals surface area contributed by atoms with Gasteiger partial charge in [0.1, 0.15) is 30.8 Å². The van der Waals surface area contributed by atoms with Crippen molar-refractivity contribution in [1.29, 1.82) is 0 Å². The quantitative estimate of drug-likeness (QED) is 0.0690. The molecule has 5 N–H and O–H groups in total. The van der Waals surface area contributed by atoms with Crippen LogP contribution in [0.25, 0.3) is 10.9 Å². The molecule has 1 aromatic heterocycles. The summed E-state index contributed by atoms with van der Waals surface area (Å²) in [5, 5.41) is 27.9. The molecule has 308 valence electrons. The number of aromatic nitrogens is 1. The first kappa shape index (κ1) is 40.3. The highest BCUT2D eigenvalue weighted by molar-refractivity contribution is 5.89. The summed E-state index contributed by atoms with van der Waals surface area (Å²) in [4.78, 5) is 42.8. The molecule has 2 bridgehead atoms. The predicted octanol–water partition coefficient (Wildman–Crippen LogP) is 6.90. The van der Waals surface area contributed by atoms with E-state index in [1.54, 1.807) is 24.3 Å². The zero-order valence-corrected chi connectivity index (χ0v) is 33.1. The van der Waals surface area contributed by atoms with E-state index in [-0.39, 0.29) is 37.2 Å². The van der Waals surface area contributed by atoms with Crippen LogP contribution in [0.4, 0.5) is 4.79 Å². The summed E-state index contributed by atoms with van der Waals surface area (Å²) in [6, 6.07) is 37.9. The van der Waals surface area contributed by atoms with E-state index in [1.807, 2.05) is 91.0 Å². The first-order valence-corrected chi connectivity index (χ1v) is 20.3. The Hall–Kier alpha value is -6.47. The first-order valence-electron chi connectivity index (χ1n) is 20.3. The van der Waals surface area contributed by atoms with Crippen molar-refractivity contribution in [3.63, 3.8) is 0 Å². The van der Waals surface area contributed by atoms with Crippen LogP contribution >= 0.6 is 0 Å². The van der Waals surface area contributed by atoms with E-state index in [4.69, 9.17) is 14.2 Å². The number of carbonyl (C=O) groups excluding carboxylic acids is 2. The number of pyridine rings is 1. The number of phenols is 1. The standard InChI is InChI=1S/C48H48N4O8/c53-41-19-17-39(40-18-20-44(55)50-46(40)41)42(54)27-49-26-31-9-11-32(12-10-31)30-59-47(56)36-15-13-33(14-16-36)29-58-38-8-4-7-37(25-38)45(35-5-2-1-3-6-35)51-48(57)60-43-28-52-23-21-34(43)22-24-52/h1-20,25,34,42-43,45,49,53-54H,21-24,26-30H2,(H,50,55)(H,51,57)/t42-,43+,45?/m1/s1. The van der Waals surface area contributed by atoms with E-state index >= 15 is 0 Å². The number of hydrogen-bond acceptors (Lipinski definition) is 10. The molecule has 12 nitrogen and oxygen atoms in total. The molecule has 3 atom stereocenters. The molecule has 3 aliphatic rings. The molecule has 60 heavy (non-hydrogen) atoms. The Morgan fingerprint density at radius 2 is 1.52 bits per heavy atom. The monoisotopic (exact) mass is 808 g/mol. The SMILES string of the molecule is O=C(NC(c1ccccc1)c1cccc(OCc2ccc(C(=O)OCc3ccc(CNC[C@@H](O)c4ccc(O)c5[nH]c(=O)ccc45)cc3)cc2)c1)O[C@H]1CN2CCC1CC2. The number of piperidine rings is 3. The third-order valence-corrected chi connectivity index (χ3v) is 11.4. The number of aromatic hydroxyl groups is 1. The number of carbonyl (C=O) groups is 2. The second-order valence-corrected chi connectivity index (χ2v) is 15.5. The van der Waals surface area contributed by atoms with Gasteiger partial charge in [0.05, 0.1) is 23.2 Å². The molecule has 4 heterocycles. The molecule has 0 saturated carbocycles. The van der Waals surface area contributed by atoms with Crippen molar-refractivity contribution in [2.24, 2.45) is 5.92 Å². The molecule has 5 aromatic carbocycles. The minimum absolute atomic E-state index is 0.0565. The van der Waals surface area contributed by atoms with Crippen LogP contribution in [0.5, 0.6) is 11.5 Å². The number of aromatic amines is 1. The Morgan fingerprint density at radius 3 is 2.27 bits per heavy atom. The summed E-state index contributed by atoms with van der Waals surface area (Å²) in [7, 11) is 0. The minimum Gasteiger partial charge on any atom is -0.506 e. The number of amides is 1. The zero-order valence-electron chi connectivity index (χ0n) is 33.1. The summed E-state index contributed by atoms with van der Waals surface area (Å²) in [5.41, 5.74) is 5.47. The molecule has 9 rings (SSSR count). The summed E-state index contributed by atoms with van der Waals surface area (Å²) < 4.78 is 17.7. The third-order valence-electron chi connectivity index (χ3n) is 11.4. The Kier molecular flexibility index (Phi) is 12.5. The Balaban J connectivity index is 0.800. The Labute approximate surface area is 347 Å². The van der Waals surface area contributed by atoms with E-state index < -0.39 is 24.2 Å². The number of benzene rings is 5. The maximum absolute atomic E-state index is 13.2. The van der Waals surface area contributed by atoms with Gasteiger partial charge in [0.25, 0.3) is 0 Å². The molecular formula is C48H48N4O8. The number of alkyl carbamates (subject to hydrolysis) is 1. The lowest BCUT2D eigenvalue weighted by atomic mass is 9.86. The number of aliphatic hydroxyl groups is 1. The van der Waals surface area contributed by atoms with Gasteiger partial charge in [0.2, 0.25) is 5.56 Å². The fourth-order valence-corrected chi connectivity index (χ4v) is 8.02. The molecule has 3 saturated heterocycles. The van der Waals surface area contributed by atoms with Crippen LogP contribution in [0.15, 0.2) is 132 Å². The number of nitrogens with one attached hydrogen (secondary N) is 3. The second-order valence-electron chi connectivity index (χ2n) is 15.5. The number of fused-ring (bicyclic) bond motifs is 4. The Bertz CT molecular complexity index is 2470. The number of H-pyrrole nitrogens is 1. The fourth-order valence-electron chi connectivity index (χ4n) is 8.02. The number of nitrogens with zero attached hydrogens (tertiary/aromatic N) is 1. The maximum Gasteiger partial charge on any atom is 0.408 e. The number of phenolic OH excluding ortho intramolecular Hbond substituents is 1. The average molecular weight is 809 g/mol. The summed E-state index contributed by atoms with van der Waals surface area (Å²) in [6.07, 6.45) is 0.748. The van der Waals surface area contributed by atoms with Crippen molar-refractivity contribution in [3.05, 3.63) is 177 Å². The number of ether oxygens (including phenoxy) is 3. The third kappa shape index (κ3) is 9.86. The van der Waals surface area contributed by atoms with Gasteiger partial charge in [-0.15, -0.1) is 0 Å². The molecule has 0 spiro atoms. The Morgan fingerprint density at radius 1 is 0.800 bits per heavy atom. The number of rotatable bonds is 15. The lowest BCUT2D eigenvalue weighted by Crippen LogP contribution is -2.52. The van der Waals surface area contributed by atoms with Crippen molar-refractivity contribution in [2.75, 3.05) is 26.2 Å². The first-order chi connectivity index (χ1) is 29.3. The van der Waals surface area contributed by atoms with Crippen LogP contribution in [0.2, 0.25) is 0 Å². The highest BCUT2D eigenvalue weighted by Gasteiger charge is 2.37. The van der Waals surface area contributed by atoms with Crippen LogP contribution in [-0.2, 0) is 29.2 Å². The number of esters is 1. The number of aliphatic hydroxyl groups excluding tert-OH is 1. The van der Waals surface area contributed by atoms with Gasteiger partial charge in [0, 0.05) is 31.1 Å². The van der Waals surface area contributed by atoms with Crippen molar-refractivity contribution < 1.29 is 34.0 Å². The smallest absolute Gasteiger partial charge is 0.408 e. The van der Waals surface area contributed by atoms with Crippen LogP contribution in [0.3, 0.4) is 0 Å². The predicted molar refractivity (Wildman–Crippen MR) is 227 cm³/mol. The van der Waals surface area contributed by atoms with Gasteiger partial charge in [-0.3, -0.25) is 9.69 Å². The summed E-state index contributed by atoms with van der Waals surface area (Å²) in [6.45, 7) is 4.08. The number of hydrogen-bond donors (Lipinski definition) is 5. The fraction of sp³-hybridized carbons (Fsp3) is 0.271. The van der Waals surface area contributed by atoms with Gasteiger partial charge in [-0.05, 0) is 102 Å². The highest BCUT2D eigenvalue weighted by atomic mass is 16.6. The van der Waals surface area contributed by atoms with Crippen molar-refractivity contribution >= 4 is 23.0 Å². The summed E-state index contributed by atoms with van der Waals surface area (Å²) >= 11 is 0. The topological polar surface area (TPSA) is 162 Å². The van der Waals surface area contributed by atoms with E-state index in [9.17, 15) is 24.6 Å². The molecule has 3 aliphatic heterocycles. The average Bonchev–Trinajstić information content (AvgIpc) is 3.28. The zero-order chi connectivity index (χ0) is 41.4. The molecule has 6 aromatic rings. The van der Waals surface area contributed by atoms with Crippen molar-refractivity contribution in [1.82, 2.24) is 20.5 Å². The van der Waals surface area contributed by atoms with Gasteiger partial charge in [-0.2, -0.15) is 0 Å². The van der Waals surface area contributed by atoms with Crippen molar-refractivity contribution in [3.8, 4) is 11.5 Å². The van der Waals surface area contributed by atoms with Gasteiger partial charge in [-0.1, -0.05) is 84.9 Å². The van der Waals surface area contributed by atoms with Gasteiger partial charge >= 0.3 is 12.1 Å². The molecule has 0 radical (unpaired) electrons. The van der Waals surface area contributed by atoms with Crippen LogP contribution < -0.4 is 20.9 Å². The van der Waals surface area contributed by atoms with Crippen LogP contribution in [0, 0.1) is 5.92 Å². The summed E-state index contributed by atoms with van der Waals surface area (Å²) in [5.74, 6) is 0.567. The maximum atomic E-state index is 13.2. The molecular weight excluding hydrogens is 761 g/mol. The molecule has 3 fully saturated rings. The van der Waals surface area contributed by atoms with E-state index in [2.05, 4.69) is 20.5 Å². The minimum atomic E-state index is -0.864. The molecule has 12 heteroatoms. The second kappa shape index (κ2) is 18.6. The van der Waals surface area contributed by atoms with E-state index in [0.717, 1.165) is 60.3 Å². The van der Waals surface area contributed by atoms with Gasteiger partial charge < -0.3 is 40.0 Å². The van der Waals surface area contributed by atoms with Gasteiger partial charge in [0.15, 0.2) is 0 Å². The largest absolute Gasteiger partial charge is 0.506 e. The lowest BCUT2D eigenvalue weighted by Gasteiger charge is -2.43. The normalized spacial score (nSPS) is 18.1. The molecule has 0 aliphatic carbocycles. The van der Waals surface area contributed by atoms with Crippen LogP contribution in [-0.4, -0.2) is 64.4 Å². The van der Waals surface area contributed by atoms with E-state index in [0.29, 0.717) is 40.2 Å².